The van der Waals surface area contributed by atoms with Crippen LogP contribution in [0.4, 0.5) is 0 Å². The molecule has 1 aliphatic carbocycles. The lowest BCUT2D eigenvalue weighted by molar-refractivity contribution is -0.122. The Hall–Kier alpha value is -2.96. The van der Waals surface area contributed by atoms with Crippen LogP contribution >= 0.6 is 0 Å². The third-order valence-electron chi connectivity index (χ3n) is 4.84. The second-order valence-corrected chi connectivity index (χ2v) is 6.71. The SMILES string of the molecule is O=C(Cn1cnc2c(cnn2-c2ccccc2)c1=O)NC1CCCCC1. The molecule has 7 nitrogen and oxygen atoms in total. The average molecular weight is 351 g/mol. The van der Waals surface area contributed by atoms with E-state index >= 15 is 0 Å². The first-order valence-corrected chi connectivity index (χ1v) is 9.00. The first-order valence-electron chi connectivity index (χ1n) is 9.00. The van der Waals surface area contributed by atoms with Crippen LogP contribution in [0.25, 0.3) is 16.7 Å². The molecule has 4 rings (SSSR count). The molecule has 1 N–H and O–H groups in total. The smallest absolute Gasteiger partial charge is 0.264 e. The van der Waals surface area contributed by atoms with Gasteiger partial charge in [-0.15, -0.1) is 0 Å². The van der Waals surface area contributed by atoms with E-state index in [9.17, 15) is 9.59 Å². The van der Waals surface area contributed by atoms with Gasteiger partial charge in [0.05, 0.1) is 11.9 Å². The minimum atomic E-state index is -0.254. The summed E-state index contributed by atoms with van der Waals surface area (Å²) in [6.07, 6.45) is 8.50. The number of aromatic nitrogens is 4. The van der Waals surface area contributed by atoms with Gasteiger partial charge in [-0.05, 0) is 25.0 Å². The Labute approximate surface area is 150 Å². The van der Waals surface area contributed by atoms with Crippen molar-refractivity contribution in [2.75, 3.05) is 0 Å². The zero-order valence-corrected chi connectivity index (χ0v) is 14.5. The molecule has 0 spiro atoms. The van der Waals surface area contributed by atoms with Crippen LogP contribution in [0.5, 0.6) is 0 Å². The topological polar surface area (TPSA) is 81.8 Å². The third-order valence-corrected chi connectivity index (χ3v) is 4.84. The molecule has 134 valence electrons. The van der Waals surface area contributed by atoms with Crippen LogP contribution in [-0.2, 0) is 11.3 Å². The van der Waals surface area contributed by atoms with Crippen molar-refractivity contribution in [2.45, 2.75) is 44.7 Å². The Morgan fingerprint density at radius 2 is 1.92 bits per heavy atom. The van der Waals surface area contributed by atoms with Crippen molar-refractivity contribution in [1.82, 2.24) is 24.6 Å². The lowest BCUT2D eigenvalue weighted by atomic mass is 9.95. The van der Waals surface area contributed by atoms with E-state index in [1.165, 1.54) is 23.5 Å². The molecule has 0 radical (unpaired) electrons. The van der Waals surface area contributed by atoms with Gasteiger partial charge in [-0.25, -0.2) is 9.67 Å². The standard InChI is InChI=1S/C19H21N5O2/c25-17(22-14-7-3-1-4-8-14)12-23-13-20-18-16(19(23)26)11-21-24(18)15-9-5-2-6-10-15/h2,5-6,9-11,13-14H,1,3-4,7-8,12H2,(H,22,25). The zero-order chi connectivity index (χ0) is 17.9. The fourth-order valence-electron chi connectivity index (χ4n) is 3.49. The number of hydrogen-bond acceptors (Lipinski definition) is 4. The summed E-state index contributed by atoms with van der Waals surface area (Å²) in [5.41, 5.74) is 1.07. The molecule has 1 amide bonds. The third kappa shape index (κ3) is 3.24. The van der Waals surface area contributed by atoms with Crippen LogP contribution in [-0.4, -0.2) is 31.3 Å². The Bertz CT molecular complexity index is 971. The van der Waals surface area contributed by atoms with E-state index in [2.05, 4.69) is 15.4 Å². The zero-order valence-electron chi connectivity index (χ0n) is 14.5. The van der Waals surface area contributed by atoms with Crippen molar-refractivity contribution >= 4 is 16.9 Å². The molecule has 0 saturated heterocycles. The van der Waals surface area contributed by atoms with E-state index in [-0.39, 0.29) is 24.1 Å². The monoisotopic (exact) mass is 351 g/mol. The number of nitrogens with one attached hydrogen (secondary N) is 1. The molecule has 0 unspecified atom stereocenters. The van der Waals surface area contributed by atoms with Gasteiger partial charge in [0.2, 0.25) is 5.91 Å². The van der Waals surface area contributed by atoms with Crippen molar-refractivity contribution in [2.24, 2.45) is 0 Å². The van der Waals surface area contributed by atoms with Gasteiger partial charge in [0.25, 0.3) is 5.56 Å². The number of hydrogen-bond donors (Lipinski definition) is 1. The molecule has 2 heterocycles. The highest BCUT2D eigenvalue weighted by atomic mass is 16.2. The van der Waals surface area contributed by atoms with Crippen LogP contribution in [0.15, 0.2) is 47.7 Å². The van der Waals surface area contributed by atoms with E-state index < -0.39 is 0 Å². The molecule has 7 heteroatoms. The van der Waals surface area contributed by atoms with E-state index in [4.69, 9.17) is 0 Å². The van der Waals surface area contributed by atoms with Crippen LogP contribution in [0.3, 0.4) is 0 Å². The normalized spacial score (nSPS) is 15.2. The predicted molar refractivity (Wildman–Crippen MR) is 98.1 cm³/mol. The Kier molecular flexibility index (Phi) is 4.51. The summed E-state index contributed by atoms with van der Waals surface area (Å²) in [6, 6.07) is 9.75. The van der Waals surface area contributed by atoms with Gasteiger partial charge in [0, 0.05) is 6.04 Å². The van der Waals surface area contributed by atoms with Gasteiger partial charge in [-0.1, -0.05) is 37.5 Å². The summed E-state index contributed by atoms with van der Waals surface area (Å²) in [6.45, 7) is -0.0191. The maximum absolute atomic E-state index is 12.7. The van der Waals surface area contributed by atoms with E-state index in [0.29, 0.717) is 11.0 Å². The Morgan fingerprint density at radius 1 is 1.15 bits per heavy atom. The maximum Gasteiger partial charge on any atom is 0.264 e. The van der Waals surface area contributed by atoms with Gasteiger partial charge < -0.3 is 5.32 Å². The molecule has 1 aromatic carbocycles. The quantitative estimate of drug-likeness (QED) is 0.780. The number of carbonyl (C=O) groups excluding carboxylic acids is 1. The first kappa shape index (κ1) is 16.5. The molecular weight excluding hydrogens is 330 g/mol. The van der Waals surface area contributed by atoms with Crippen molar-refractivity contribution in [1.29, 1.82) is 0 Å². The summed E-state index contributed by atoms with van der Waals surface area (Å²) in [5.74, 6) is -0.143. The van der Waals surface area contributed by atoms with Crippen molar-refractivity contribution in [3.05, 3.63) is 53.2 Å². The lowest BCUT2D eigenvalue weighted by Gasteiger charge is -2.22. The predicted octanol–water partition coefficient (Wildman–Crippen LogP) is 2.03. The van der Waals surface area contributed by atoms with Crippen molar-refractivity contribution in [3.8, 4) is 5.69 Å². The summed E-state index contributed by atoms with van der Waals surface area (Å²) < 4.78 is 2.97. The van der Waals surface area contributed by atoms with Crippen LogP contribution in [0, 0.1) is 0 Å². The number of amides is 1. The fraction of sp³-hybridized carbons (Fsp3) is 0.368. The molecule has 3 aromatic rings. The van der Waals surface area contributed by atoms with E-state index in [1.54, 1.807) is 4.68 Å². The summed E-state index contributed by atoms with van der Waals surface area (Å²) in [4.78, 5) is 29.3. The fourth-order valence-corrected chi connectivity index (χ4v) is 3.49. The van der Waals surface area contributed by atoms with Gasteiger partial charge >= 0.3 is 0 Å². The largest absolute Gasteiger partial charge is 0.352 e. The number of benzene rings is 1. The molecule has 0 aliphatic heterocycles. The number of fused-ring (bicyclic) bond motifs is 1. The van der Waals surface area contributed by atoms with Crippen LogP contribution < -0.4 is 10.9 Å². The van der Waals surface area contributed by atoms with Crippen molar-refractivity contribution in [3.63, 3.8) is 0 Å². The number of nitrogens with zero attached hydrogens (tertiary/aromatic N) is 4. The van der Waals surface area contributed by atoms with E-state index in [0.717, 1.165) is 31.4 Å². The van der Waals surface area contributed by atoms with E-state index in [1.807, 2.05) is 30.3 Å². The molecule has 1 saturated carbocycles. The highest BCUT2D eigenvalue weighted by Gasteiger charge is 2.17. The molecule has 0 atom stereocenters. The molecule has 1 aliphatic rings. The highest BCUT2D eigenvalue weighted by molar-refractivity contribution is 5.78. The minimum Gasteiger partial charge on any atom is -0.352 e. The average Bonchev–Trinajstić information content (AvgIpc) is 3.10. The molecular formula is C19H21N5O2. The summed E-state index contributed by atoms with van der Waals surface area (Å²) in [5, 5.41) is 7.71. The number of rotatable bonds is 4. The van der Waals surface area contributed by atoms with Crippen molar-refractivity contribution < 1.29 is 4.79 Å². The Balaban J connectivity index is 1.56. The summed E-state index contributed by atoms with van der Waals surface area (Å²) >= 11 is 0. The molecule has 1 fully saturated rings. The van der Waals surface area contributed by atoms with Gasteiger partial charge in [-0.2, -0.15) is 5.10 Å². The molecule has 2 aromatic heterocycles. The van der Waals surface area contributed by atoms with Gasteiger partial charge in [-0.3, -0.25) is 14.2 Å². The first-order chi connectivity index (χ1) is 12.7. The maximum atomic E-state index is 12.7. The van der Waals surface area contributed by atoms with Crippen LogP contribution in [0.2, 0.25) is 0 Å². The second-order valence-electron chi connectivity index (χ2n) is 6.71. The summed E-state index contributed by atoms with van der Waals surface area (Å²) in [7, 11) is 0. The number of carbonyl (C=O) groups is 1. The molecule has 26 heavy (non-hydrogen) atoms. The van der Waals surface area contributed by atoms with Gasteiger partial charge in [0.15, 0.2) is 5.65 Å². The Morgan fingerprint density at radius 3 is 2.69 bits per heavy atom. The second kappa shape index (κ2) is 7.11. The van der Waals surface area contributed by atoms with Gasteiger partial charge in [0.1, 0.15) is 18.3 Å². The number of para-hydroxylation sites is 1. The highest BCUT2D eigenvalue weighted by Crippen LogP contribution is 2.17. The molecule has 0 bridgehead atoms. The minimum absolute atomic E-state index is 0.0191. The lowest BCUT2D eigenvalue weighted by Crippen LogP contribution is -2.39. The van der Waals surface area contributed by atoms with Crippen LogP contribution in [0.1, 0.15) is 32.1 Å².